The third kappa shape index (κ3) is 2.93. The zero-order chi connectivity index (χ0) is 16.4. The zero-order valence-electron chi connectivity index (χ0n) is 13.9. The van der Waals surface area contributed by atoms with Crippen LogP contribution in [0.3, 0.4) is 0 Å². The monoisotopic (exact) mass is 328 g/mol. The molecule has 3 N–H and O–H groups in total. The number of nitrogen functional groups attached to an aromatic ring is 1. The summed E-state index contributed by atoms with van der Waals surface area (Å²) in [5.41, 5.74) is 3.34. The second kappa shape index (κ2) is 6.72. The van der Waals surface area contributed by atoms with Crippen LogP contribution in [0.1, 0.15) is 38.5 Å². The lowest BCUT2D eigenvalue weighted by atomic mass is 10.1. The van der Waals surface area contributed by atoms with Gasteiger partial charge in [0, 0.05) is 32.4 Å². The third-order valence-corrected chi connectivity index (χ3v) is 4.84. The Kier molecular flexibility index (Phi) is 4.29. The fourth-order valence-electron chi connectivity index (χ4n) is 3.49. The smallest absolute Gasteiger partial charge is 0.229 e. The van der Waals surface area contributed by atoms with Crippen molar-refractivity contribution in [3.05, 3.63) is 6.20 Å². The molecule has 2 aliphatic heterocycles. The zero-order valence-corrected chi connectivity index (χ0v) is 13.9. The standard InChI is InChI=1S/C16H24N8/c17-22-14-12-11-18-15(23-7-3-1-4-8-23)19-13(12)20-16(21-14)24-9-5-2-6-10-24/h11H,1-10,17H2,(H,18,19,20,21,22). The number of piperidine rings is 2. The number of rotatable bonds is 3. The lowest BCUT2D eigenvalue weighted by Crippen LogP contribution is -2.32. The number of fused-ring (bicyclic) bond motifs is 1. The van der Waals surface area contributed by atoms with E-state index in [-0.39, 0.29) is 0 Å². The predicted molar refractivity (Wildman–Crippen MR) is 95.1 cm³/mol. The largest absolute Gasteiger partial charge is 0.341 e. The Bertz CT molecular complexity index is 701. The molecular weight excluding hydrogens is 304 g/mol. The fraction of sp³-hybridized carbons (Fsp3) is 0.625. The topological polar surface area (TPSA) is 96.1 Å². The molecular formula is C16H24N8. The van der Waals surface area contributed by atoms with E-state index in [1.807, 2.05) is 0 Å². The van der Waals surface area contributed by atoms with E-state index in [2.05, 4.69) is 25.2 Å². The minimum Gasteiger partial charge on any atom is -0.341 e. The highest BCUT2D eigenvalue weighted by Crippen LogP contribution is 2.25. The Labute approximate surface area is 141 Å². The second-order valence-corrected chi connectivity index (χ2v) is 6.52. The van der Waals surface area contributed by atoms with E-state index in [1.54, 1.807) is 6.20 Å². The molecule has 4 rings (SSSR count). The quantitative estimate of drug-likeness (QED) is 0.649. The number of hydrazine groups is 1. The van der Waals surface area contributed by atoms with Gasteiger partial charge in [0.1, 0.15) is 0 Å². The molecule has 0 radical (unpaired) electrons. The summed E-state index contributed by atoms with van der Waals surface area (Å²) in [7, 11) is 0. The number of aromatic nitrogens is 4. The molecule has 0 atom stereocenters. The summed E-state index contributed by atoms with van der Waals surface area (Å²) in [6.07, 6.45) is 9.08. The van der Waals surface area contributed by atoms with Gasteiger partial charge in [0.25, 0.3) is 0 Å². The van der Waals surface area contributed by atoms with Crippen molar-refractivity contribution < 1.29 is 0 Å². The van der Waals surface area contributed by atoms with Crippen LogP contribution in [0.15, 0.2) is 6.20 Å². The van der Waals surface area contributed by atoms with E-state index in [4.69, 9.17) is 15.8 Å². The molecule has 2 aromatic heterocycles. The Balaban J connectivity index is 1.73. The molecule has 0 unspecified atom stereocenters. The molecule has 0 spiro atoms. The molecule has 2 aromatic rings. The van der Waals surface area contributed by atoms with Crippen molar-refractivity contribution in [1.29, 1.82) is 0 Å². The lowest BCUT2D eigenvalue weighted by Gasteiger charge is -2.28. The first-order valence-electron chi connectivity index (χ1n) is 8.86. The average molecular weight is 328 g/mol. The van der Waals surface area contributed by atoms with Crippen LogP contribution in [-0.2, 0) is 0 Å². The number of nitrogens with two attached hydrogens (primary N) is 1. The van der Waals surface area contributed by atoms with Crippen molar-refractivity contribution in [2.24, 2.45) is 5.84 Å². The van der Waals surface area contributed by atoms with Crippen LogP contribution in [-0.4, -0.2) is 46.1 Å². The molecule has 0 amide bonds. The van der Waals surface area contributed by atoms with Crippen LogP contribution >= 0.6 is 0 Å². The van der Waals surface area contributed by atoms with Gasteiger partial charge in [-0.3, -0.25) is 0 Å². The first kappa shape index (κ1) is 15.3. The molecule has 2 fully saturated rings. The number of hydrogen-bond donors (Lipinski definition) is 2. The van der Waals surface area contributed by atoms with E-state index in [0.29, 0.717) is 17.4 Å². The van der Waals surface area contributed by atoms with Crippen molar-refractivity contribution in [3.63, 3.8) is 0 Å². The van der Waals surface area contributed by atoms with E-state index in [9.17, 15) is 0 Å². The molecule has 8 nitrogen and oxygen atoms in total. The molecule has 8 heteroatoms. The number of anilines is 3. The minimum atomic E-state index is 0.589. The Hall–Kier alpha value is -2.22. The van der Waals surface area contributed by atoms with E-state index >= 15 is 0 Å². The normalized spacial score (nSPS) is 18.9. The van der Waals surface area contributed by atoms with Crippen LogP contribution in [0.2, 0.25) is 0 Å². The highest BCUT2D eigenvalue weighted by molar-refractivity contribution is 5.87. The van der Waals surface area contributed by atoms with Crippen molar-refractivity contribution in [3.8, 4) is 0 Å². The van der Waals surface area contributed by atoms with Crippen LogP contribution in [0.25, 0.3) is 11.0 Å². The first-order chi connectivity index (χ1) is 11.8. The van der Waals surface area contributed by atoms with Gasteiger partial charge < -0.3 is 15.2 Å². The van der Waals surface area contributed by atoms with Gasteiger partial charge in [0.15, 0.2) is 11.5 Å². The lowest BCUT2D eigenvalue weighted by molar-refractivity contribution is 0.567. The minimum absolute atomic E-state index is 0.589. The van der Waals surface area contributed by atoms with Crippen LogP contribution in [0.4, 0.5) is 17.7 Å². The van der Waals surface area contributed by atoms with Crippen molar-refractivity contribution in [2.75, 3.05) is 41.4 Å². The molecule has 0 aliphatic carbocycles. The summed E-state index contributed by atoms with van der Waals surface area (Å²) in [5, 5.41) is 0.763. The molecule has 24 heavy (non-hydrogen) atoms. The van der Waals surface area contributed by atoms with Crippen LogP contribution < -0.4 is 21.1 Å². The summed E-state index contributed by atoms with van der Waals surface area (Å²) in [6.45, 7) is 3.99. The first-order valence-corrected chi connectivity index (χ1v) is 8.86. The molecule has 128 valence electrons. The molecule has 2 saturated heterocycles. The van der Waals surface area contributed by atoms with Crippen LogP contribution in [0, 0.1) is 0 Å². The van der Waals surface area contributed by atoms with Gasteiger partial charge in [-0.05, 0) is 38.5 Å². The Morgan fingerprint density at radius 3 is 2.00 bits per heavy atom. The van der Waals surface area contributed by atoms with E-state index in [0.717, 1.165) is 37.5 Å². The molecule has 0 aromatic carbocycles. The summed E-state index contributed by atoms with van der Waals surface area (Å²) in [4.78, 5) is 22.9. The summed E-state index contributed by atoms with van der Waals surface area (Å²) < 4.78 is 0. The maximum absolute atomic E-state index is 5.67. The van der Waals surface area contributed by atoms with Gasteiger partial charge in [0.05, 0.1) is 5.39 Å². The highest BCUT2D eigenvalue weighted by atomic mass is 15.3. The maximum Gasteiger partial charge on any atom is 0.229 e. The summed E-state index contributed by atoms with van der Waals surface area (Å²) >= 11 is 0. The maximum atomic E-state index is 5.67. The Morgan fingerprint density at radius 1 is 0.792 bits per heavy atom. The molecule has 0 saturated carbocycles. The van der Waals surface area contributed by atoms with Gasteiger partial charge in [-0.25, -0.2) is 10.8 Å². The molecule has 0 bridgehead atoms. The molecule has 4 heterocycles. The number of nitrogens with one attached hydrogen (secondary N) is 1. The fourth-order valence-corrected chi connectivity index (χ4v) is 3.49. The number of nitrogens with zero attached hydrogens (tertiary/aromatic N) is 6. The van der Waals surface area contributed by atoms with E-state index < -0.39 is 0 Å². The predicted octanol–water partition coefficient (Wildman–Crippen LogP) is 1.69. The van der Waals surface area contributed by atoms with Gasteiger partial charge in [-0.15, -0.1) is 0 Å². The SMILES string of the molecule is NNc1nc(N2CCCCC2)nc2nc(N3CCCCC3)ncc12. The average Bonchev–Trinajstić information content (AvgIpc) is 2.68. The summed E-state index contributed by atoms with van der Waals surface area (Å²) in [5.74, 6) is 7.72. The van der Waals surface area contributed by atoms with Crippen molar-refractivity contribution in [1.82, 2.24) is 19.9 Å². The molecule has 2 aliphatic rings. The summed E-state index contributed by atoms with van der Waals surface area (Å²) in [6, 6.07) is 0. The second-order valence-electron chi connectivity index (χ2n) is 6.52. The van der Waals surface area contributed by atoms with Crippen molar-refractivity contribution in [2.45, 2.75) is 38.5 Å². The van der Waals surface area contributed by atoms with Gasteiger partial charge in [-0.1, -0.05) is 0 Å². The third-order valence-electron chi connectivity index (χ3n) is 4.84. The van der Waals surface area contributed by atoms with E-state index in [1.165, 1.54) is 38.5 Å². The Morgan fingerprint density at radius 2 is 1.38 bits per heavy atom. The van der Waals surface area contributed by atoms with Gasteiger partial charge in [0.2, 0.25) is 11.9 Å². The number of hydrogen-bond acceptors (Lipinski definition) is 8. The van der Waals surface area contributed by atoms with Gasteiger partial charge >= 0.3 is 0 Å². The van der Waals surface area contributed by atoms with Gasteiger partial charge in [-0.2, -0.15) is 15.0 Å². The van der Waals surface area contributed by atoms with Crippen LogP contribution in [0.5, 0.6) is 0 Å². The highest BCUT2D eigenvalue weighted by Gasteiger charge is 2.19. The van der Waals surface area contributed by atoms with Crippen molar-refractivity contribution >= 4 is 28.7 Å².